The Bertz CT molecular complexity index is 338. The minimum Gasteiger partial charge on any atom is -0.444 e. The molecule has 17 heavy (non-hydrogen) atoms. The molecule has 5 heteroatoms. The molecule has 0 unspecified atom stereocenters. The summed E-state index contributed by atoms with van der Waals surface area (Å²) in [5.41, 5.74) is 0.235. The zero-order chi connectivity index (χ0) is 13.5. The average Bonchev–Trinajstić information content (AvgIpc) is 2.16. The molecule has 0 aromatic carbocycles. The smallest absolute Gasteiger partial charge is 0.413 e. The first-order valence-corrected chi connectivity index (χ1v) is 5.52. The normalized spacial score (nSPS) is 13.2. The molecule has 0 aromatic rings. The van der Waals surface area contributed by atoms with E-state index in [4.69, 9.17) is 4.74 Å². The minimum atomic E-state index is -0.536. The van der Waals surface area contributed by atoms with Gasteiger partial charge >= 0.3 is 6.09 Å². The Morgan fingerprint density at radius 1 is 1.41 bits per heavy atom. The van der Waals surface area contributed by atoms with E-state index in [1.807, 2.05) is 6.92 Å². The van der Waals surface area contributed by atoms with E-state index in [9.17, 15) is 4.79 Å². The lowest BCUT2D eigenvalue weighted by Gasteiger charge is -2.19. The lowest BCUT2D eigenvalue weighted by molar-refractivity contribution is 0.0563. The molecule has 0 saturated heterocycles. The van der Waals surface area contributed by atoms with Gasteiger partial charge in [0.15, 0.2) is 0 Å². The van der Waals surface area contributed by atoms with Gasteiger partial charge in [0.25, 0.3) is 0 Å². The standard InChI is InChI=1S/C12H21N3O2/c1-7-10(8-2)15-14-9(3)13-11(16)17-12(4,5)6/h7H,1,8H2,2-6H3,(H,13,14,16)/b15-10-. The molecule has 0 bridgehead atoms. The maximum atomic E-state index is 11.4. The fourth-order valence-electron chi connectivity index (χ4n) is 0.871. The van der Waals surface area contributed by atoms with Crippen LogP contribution in [-0.2, 0) is 4.74 Å². The third-order valence-electron chi connectivity index (χ3n) is 1.61. The average molecular weight is 239 g/mol. The molecule has 0 atom stereocenters. The van der Waals surface area contributed by atoms with Crippen LogP contribution in [0.4, 0.5) is 4.79 Å². The molecule has 0 fully saturated rings. The van der Waals surface area contributed by atoms with E-state index in [1.54, 1.807) is 33.8 Å². The number of carbonyl (C=O) groups is 1. The van der Waals surface area contributed by atoms with Gasteiger partial charge in [-0.15, -0.1) is 5.10 Å². The predicted molar refractivity (Wildman–Crippen MR) is 70.4 cm³/mol. The third-order valence-corrected chi connectivity index (χ3v) is 1.61. The van der Waals surface area contributed by atoms with Crippen molar-refractivity contribution in [3.05, 3.63) is 12.7 Å². The maximum absolute atomic E-state index is 11.4. The number of rotatable bonds is 3. The van der Waals surface area contributed by atoms with Crippen molar-refractivity contribution in [3.63, 3.8) is 0 Å². The van der Waals surface area contributed by atoms with Gasteiger partial charge in [-0.3, -0.25) is 5.32 Å². The van der Waals surface area contributed by atoms with Crippen molar-refractivity contribution in [2.24, 2.45) is 10.2 Å². The maximum Gasteiger partial charge on any atom is 0.413 e. The van der Waals surface area contributed by atoms with Crippen LogP contribution in [0, 0.1) is 0 Å². The number of amidine groups is 1. The summed E-state index contributed by atoms with van der Waals surface area (Å²) in [5, 5.41) is 10.3. The zero-order valence-electron chi connectivity index (χ0n) is 11.2. The van der Waals surface area contributed by atoms with E-state index in [2.05, 4.69) is 22.1 Å². The first-order valence-electron chi connectivity index (χ1n) is 5.52. The van der Waals surface area contributed by atoms with E-state index < -0.39 is 11.7 Å². The summed E-state index contributed by atoms with van der Waals surface area (Å²) in [6.07, 6.45) is 1.84. The molecule has 0 aliphatic rings. The molecule has 0 saturated carbocycles. The van der Waals surface area contributed by atoms with Crippen LogP contribution in [0.1, 0.15) is 41.0 Å². The van der Waals surface area contributed by atoms with Crippen molar-refractivity contribution < 1.29 is 9.53 Å². The van der Waals surface area contributed by atoms with E-state index in [0.29, 0.717) is 5.84 Å². The Hall–Kier alpha value is -1.65. The highest BCUT2D eigenvalue weighted by Gasteiger charge is 2.16. The SMILES string of the molecule is C=C/C(CC)=N/N=C(\C)NC(=O)OC(C)(C)C. The Kier molecular flexibility index (Phi) is 6.17. The minimum absolute atomic E-state index is 0.382. The molecule has 0 radical (unpaired) electrons. The Morgan fingerprint density at radius 2 is 2.00 bits per heavy atom. The van der Waals surface area contributed by atoms with Crippen molar-refractivity contribution in [1.82, 2.24) is 5.32 Å². The van der Waals surface area contributed by atoms with E-state index in [0.717, 1.165) is 12.1 Å². The molecule has 5 nitrogen and oxygen atoms in total. The number of allylic oxidation sites excluding steroid dienone is 1. The summed E-state index contributed by atoms with van der Waals surface area (Å²) in [6.45, 7) is 12.6. The van der Waals surface area contributed by atoms with Crippen molar-refractivity contribution >= 4 is 17.6 Å². The molecule has 96 valence electrons. The van der Waals surface area contributed by atoms with Crippen LogP contribution in [0.2, 0.25) is 0 Å². The number of nitrogens with one attached hydrogen (secondary N) is 1. The summed E-state index contributed by atoms with van der Waals surface area (Å²) in [6, 6.07) is 0. The molecule has 0 aliphatic carbocycles. The van der Waals surface area contributed by atoms with Crippen molar-refractivity contribution in [2.75, 3.05) is 0 Å². The number of ether oxygens (including phenoxy) is 1. The molecule has 0 aromatic heterocycles. The van der Waals surface area contributed by atoms with E-state index >= 15 is 0 Å². The largest absolute Gasteiger partial charge is 0.444 e. The number of hydrogen-bond acceptors (Lipinski definition) is 4. The Morgan fingerprint density at radius 3 is 2.41 bits per heavy atom. The Balaban J connectivity index is 4.39. The van der Waals surface area contributed by atoms with Crippen LogP contribution in [0.25, 0.3) is 0 Å². The Labute approximate surface area is 103 Å². The van der Waals surface area contributed by atoms with Crippen molar-refractivity contribution in [1.29, 1.82) is 0 Å². The summed E-state index contributed by atoms with van der Waals surface area (Å²) in [5.74, 6) is 0.382. The van der Waals surface area contributed by atoms with Gasteiger partial charge in [-0.25, -0.2) is 4.79 Å². The number of amides is 1. The van der Waals surface area contributed by atoms with E-state index in [1.165, 1.54) is 0 Å². The van der Waals surface area contributed by atoms with Crippen LogP contribution in [0.15, 0.2) is 22.9 Å². The van der Waals surface area contributed by atoms with Gasteiger partial charge in [-0.2, -0.15) is 5.10 Å². The molecular weight excluding hydrogens is 218 g/mol. The first-order chi connectivity index (χ1) is 7.78. The van der Waals surface area contributed by atoms with Crippen LogP contribution in [0.5, 0.6) is 0 Å². The fraction of sp³-hybridized carbons (Fsp3) is 0.583. The number of carbonyl (C=O) groups excluding carboxylic acids is 1. The second kappa shape index (κ2) is 6.83. The zero-order valence-corrected chi connectivity index (χ0v) is 11.2. The van der Waals surface area contributed by atoms with Gasteiger partial charge in [0.05, 0.1) is 5.71 Å². The molecule has 0 rings (SSSR count). The van der Waals surface area contributed by atoms with Gasteiger partial charge in [0.1, 0.15) is 11.4 Å². The summed E-state index contributed by atoms with van der Waals surface area (Å²) < 4.78 is 5.07. The van der Waals surface area contributed by atoms with Crippen LogP contribution >= 0.6 is 0 Å². The van der Waals surface area contributed by atoms with Crippen LogP contribution in [-0.4, -0.2) is 23.2 Å². The number of nitrogens with zero attached hydrogens (tertiary/aromatic N) is 2. The van der Waals surface area contributed by atoms with Crippen molar-refractivity contribution in [3.8, 4) is 0 Å². The first kappa shape index (κ1) is 15.3. The van der Waals surface area contributed by atoms with Crippen molar-refractivity contribution in [2.45, 2.75) is 46.6 Å². The summed E-state index contributed by atoms with van der Waals surface area (Å²) in [4.78, 5) is 11.4. The second-order valence-electron chi connectivity index (χ2n) is 4.46. The summed E-state index contributed by atoms with van der Waals surface area (Å²) >= 11 is 0. The monoisotopic (exact) mass is 239 g/mol. The fourth-order valence-corrected chi connectivity index (χ4v) is 0.871. The predicted octanol–water partition coefficient (Wildman–Crippen LogP) is 2.88. The topological polar surface area (TPSA) is 63.0 Å². The lowest BCUT2D eigenvalue weighted by atomic mass is 10.2. The van der Waals surface area contributed by atoms with Gasteiger partial charge in [-0.1, -0.05) is 13.5 Å². The quantitative estimate of drug-likeness (QED) is 0.467. The van der Waals surface area contributed by atoms with Gasteiger partial charge in [0.2, 0.25) is 0 Å². The molecule has 0 aliphatic heterocycles. The number of hydrogen-bond donors (Lipinski definition) is 1. The third kappa shape index (κ3) is 8.19. The highest BCUT2D eigenvalue weighted by molar-refractivity contribution is 5.96. The molecule has 1 N–H and O–H groups in total. The van der Waals surface area contributed by atoms with Gasteiger partial charge < -0.3 is 4.74 Å². The van der Waals surface area contributed by atoms with Gasteiger partial charge in [-0.05, 0) is 40.2 Å². The molecule has 1 amide bonds. The van der Waals surface area contributed by atoms with Crippen LogP contribution < -0.4 is 5.32 Å². The van der Waals surface area contributed by atoms with E-state index in [-0.39, 0.29) is 0 Å². The molecular formula is C12H21N3O2. The van der Waals surface area contributed by atoms with Crippen LogP contribution in [0.3, 0.4) is 0 Å². The number of alkyl carbamates (subject to hydrolysis) is 1. The summed E-state index contributed by atoms with van der Waals surface area (Å²) in [7, 11) is 0. The second-order valence-corrected chi connectivity index (χ2v) is 4.46. The highest BCUT2D eigenvalue weighted by atomic mass is 16.6. The molecule has 0 heterocycles. The highest BCUT2D eigenvalue weighted by Crippen LogP contribution is 2.06. The lowest BCUT2D eigenvalue weighted by Crippen LogP contribution is -2.35. The molecule has 0 spiro atoms. The van der Waals surface area contributed by atoms with Gasteiger partial charge in [0, 0.05) is 0 Å².